The Morgan fingerprint density at radius 1 is 1.46 bits per heavy atom. The predicted octanol–water partition coefficient (Wildman–Crippen LogP) is -1.57. The van der Waals surface area contributed by atoms with Gasteiger partial charge in [-0.15, -0.1) is 0 Å². The van der Waals surface area contributed by atoms with Gasteiger partial charge in [-0.1, -0.05) is 6.92 Å². The van der Waals surface area contributed by atoms with Crippen molar-refractivity contribution in [2.45, 2.75) is 25.0 Å². The Kier molecular flexibility index (Phi) is 2.50. The maximum absolute atomic E-state index is 10.9. The van der Waals surface area contributed by atoms with Crippen LogP contribution in [0, 0.1) is 0 Å². The summed E-state index contributed by atoms with van der Waals surface area (Å²) in [5.74, 6) is -2.55. The Labute approximate surface area is 72.7 Å². The van der Waals surface area contributed by atoms with Crippen molar-refractivity contribution >= 4 is 11.9 Å². The van der Waals surface area contributed by atoms with Crippen LogP contribution < -0.4 is 0 Å². The monoisotopic (exact) mass is 192 g/mol. The van der Waals surface area contributed by atoms with Crippen LogP contribution in [0.5, 0.6) is 0 Å². The Balaban J connectivity index is 2.98. The van der Waals surface area contributed by atoms with E-state index < -0.39 is 23.6 Å². The molecule has 0 saturated carbocycles. The van der Waals surface area contributed by atoms with Crippen LogP contribution >= 0.6 is 0 Å². The first kappa shape index (κ1) is 9.90. The molecule has 13 heavy (non-hydrogen) atoms. The number of carbonyl (C=O) groups is 2. The van der Waals surface area contributed by atoms with E-state index >= 15 is 0 Å². The maximum Gasteiger partial charge on any atom is 0.381 e. The van der Waals surface area contributed by atoms with E-state index in [1.807, 2.05) is 0 Å². The third-order valence-electron chi connectivity index (χ3n) is 1.79. The highest BCUT2D eigenvalue weighted by Crippen LogP contribution is 2.21. The molecule has 1 fully saturated rings. The Hall–Kier alpha value is -1.18. The van der Waals surface area contributed by atoms with E-state index in [4.69, 9.17) is 5.11 Å². The van der Waals surface area contributed by atoms with Crippen LogP contribution in [-0.2, 0) is 24.4 Å². The van der Waals surface area contributed by atoms with E-state index in [1.54, 1.807) is 0 Å². The van der Waals surface area contributed by atoms with Gasteiger partial charge in [0.2, 0.25) is 5.60 Å². The van der Waals surface area contributed by atoms with E-state index in [-0.39, 0.29) is 6.42 Å². The highest BCUT2D eigenvalue weighted by molar-refractivity contribution is 5.89. The number of aliphatic hydroxyl groups is 2. The minimum atomic E-state index is -2.31. The van der Waals surface area contributed by atoms with Gasteiger partial charge >= 0.3 is 11.9 Å². The molecule has 0 aromatic heterocycles. The Morgan fingerprint density at radius 2 is 2.08 bits per heavy atom. The summed E-state index contributed by atoms with van der Waals surface area (Å²) in [7, 11) is 0. The van der Waals surface area contributed by atoms with Gasteiger partial charge in [-0.3, -0.25) is 9.78 Å². The van der Waals surface area contributed by atoms with Crippen LogP contribution in [0.15, 0.2) is 0 Å². The van der Waals surface area contributed by atoms with Crippen molar-refractivity contribution in [3.05, 3.63) is 0 Å². The fraction of sp³-hybridized carbons (Fsp3) is 0.667. The van der Waals surface area contributed by atoms with Crippen molar-refractivity contribution in [1.82, 2.24) is 0 Å². The van der Waals surface area contributed by atoms with Crippen molar-refractivity contribution in [2.75, 3.05) is 0 Å². The molecule has 0 amide bonds. The van der Waals surface area contributed by atoms with Crippen molar-refractivity contribution in [2.24, 2.45) is 0 Å². The molecule has 1 saturated heterocycles. The number of hydrogen-bond donors (Lipinski definition) is 2. The van der Waals surface area contributed by atoms with Crippen molar-refractivity contribution in [3.8, 4) is 0 Å². The molecule has 0 aliphatic carbocycles. The Bertz CT molecular complexity index is 237. The third-order valence-corrected chi connectivity index (χ3v) is 1.79. The van der Waals surface area contributed by atoms with Gasteiger partial charge in [0, 0.05) is 5.04 Å². The SMILES string of the molecule is CCC1(O)C(=O)OOOC(=O)C1O. The van der Waals surface area contributed by atoms with E-state index in [1.165, 1.54) is 6.92 Å². The highest BCUT2D eigenvalue weighted by Gasteiger charge is 2.51. The molecule has 0 aromatic rings. The van der Waals surface area contributed by atoms with Gasteiger partial charge in [0.1, 0.15) is 0 Å². The third kappa shape index (κ3) is 1.48. The first-order valence-electron chi connectivity index (χ1n) is 3.52. The zero-order valence-corrected chi connectivity index (χ0v) is 6.72. The second kappa shape index (κ2) is 3.29. The molecule has 1 rings (SSSR count). The summed E-state index contributed by atoms with van der Waals surface area (Å²) in [6, 6.07) is 0. The van der Waals surface area contributed by atoms with Gasteiger partial charge in [-0.25, -0.2) is 9.59 Å². The predicted molar refractivity (Wildman–Crippen MR) is 34.5 cm³/mol. The molecule has 2 N–H and O–H groups in total. The largest absolute Gasteiger partial charge is 0.381 e. The molecule has 1 aliphatic heterocycles. The van der Waals surface area contributed by atoms with Crippen molar-refractivity contribution < 1.29 is 34.6 Å². The first-order chi connectivity index (χ1) is 6.02. The molecule has 2 atom stereocenters. The minimum Gasteiger partial charge on any atom is -0.378 e. The molecule has 1 aliphatic rings. The minimum absolute atomic E-state index is 0.203. The molecule has 0 radical (unpaired) electrons. The molecule has 0 aromatic carbocycles. The quantitative estimate of drug-likeness (QED) is 0.484. The lowest BCUT2D eigenvalue weighted by Gasteiger charge is -2.22. The van der Waals surface area contributed by atoms with E-state index in [2.05, 4.69) is 14.8 Å². The van der Waals surface area contributed by atoms with Crippen LogP contribution in [0.2, 0.25) is 0 Å². The van der Waals surface area contributed by atoms with E-state index in [0.717, 1.165) is 0 Å². The first-order valence-corrected chi connectivity index (χ1v) is 3.52. The summed E-state index contributed by atoms with van der Waals surface area (Å²) < 4.78 is 0. The summed E-state index contributed by atoms with van der Waals surface area (Å²) in [5.41, 5.74) is -2.31. The van der Waals surface area contributed by atoms with Crippen LogP contribution in [0.1, 0.15) is 13.3 Å². The van der Waals surface area contributed by atoms with Crippen molar-refractivity contribution in [3.63, 3.8) is 0 Å². The zero-order chi connectivity index (χ0) is 10.1. The average molecular weight is 192 g/mol. The second-order valence-corrected chi connectivity index (χ2v) is 2.52. The number of carbonyl (C=O) groups excluding carboxylic acids is 2. The molecule has 1 heterocycles. The summed E-state index contributed by atoms with van der Waals surface area (Å²) in [5, 5.41) is 22.3. The summed E-state index contributed by atoms with van der Waals surface area (Å²) in [4.78, 5) is 29.3. The van der Waals surface area contributed by atoms with Crippen LogP contribution in [-0.4, -0.2) is 33.9 Å². The number of hydrogen-bond acceptors (Lipinski definition) is 7. The maximum atomic E-state index is 10.9. The molecule has 2 unspecified atom stereocenters. The van der Waals surface area contributed by atoms with E-state index in [9.17, 15) is 14.7 Å². The number of aliphatic hydroxyl groups excluding tert-OH is 1. The van der Waals surface area contributed by atoms with Gasteiger partial charge in [-0.2, -0.15) is 0 Å². The molecule has 74 valence electrons. The fourth-order valence-corrected chi connectivity index (χ4v) is 0.843. The van der Waals surface area contributed by atoms with Gasteiger partial charge in [0.05, 0.1) is 0 Å². The van der Waals surface area contributed by atoms with Crippen LogP contribution in [0.4, 0.5) is 0 Å². The molecule has 0 bridgehead atoms. The summed E-state index contributed by atoms with van der Waals surface area (Å²) in [6.07, 6.45) is -2.21. The zero-order valence-electron chi connectivity index (χ0n) is 6.72. The second-order valence-electron chi connectivity index (χ2n) is 2.52. The standard InChI is InChI=1S/C6H8O7/c1-2-6(10)3(7)4(8)11-13-12-5(6)9/h3,7,10H,2H2,1H3. The Morgan fingerprint density at radius 3 is 2.62 bits per heavy atom. The lowest BCUT2D eigenvalue weighted by atomic mass is 9.94. The fourth-order valence-electron chi connectivity index (χ4n) is 0.843. The highest BCUT2D eigenvalue weighted by atomic mass is 17.5. The lowest BCUT2D eigenvalue weighted by Crippen LogP contribution is -2.51. The smallest absolute Gasteiger partial charge is 0.378 e. The molecule has 7 heteroatoms. The molecule has 7 nitrogen and oxygen atoms in total. The molecule has 0 spiro atoms. The van der Waals surface area contributed by atoms with Crippen molar-refractivity contribution in [1.29, 1.82) is 0 Å². The van der Waals surface area contributed by atoms with Gasteiger partial charge in [-0.05, 0) is 6.42 Å². The summed E-state index contributed by atoms with van der Waals surface area (Å²) >= 11 is 0. The molecular weight excluding hydrogens is 184 g/mol. The average Bonchev–Trinajstić information content (AvgIpc) is 2.21. The normalized spacial score (nSPS) is 34.8. The molecular formula is C6H8O7. The van der Waals surface area contributed by atoms with Gasteiger partial charge in [0.25, 0.3) is 0 Å². The van der Waals surface area contributed by atoms with Crippen LogP contribution in [0.25, 0.3) is 0 Å². The van der Waals surface area contributed by atoms with Crippen LogP contribution in [0.3, 0.4) is 0 Å². The van der Waals surface area contributed by atoms with E-state index in [0.29, 0.717) is 0 Å². The number of rotatable bonds is 1. The summed E-state index contributed by atoms with van der Waals surface area (Å²) in [6.45, 7) is 1.39. The lowest BCUT2D eigenvalue weighted by molar-refractivity contribution is -0.457. The van der Waals surface area contributed by atoms with Gasteiger partial charge in [0.15, 0.2) is 6.10 Å². The topological polar surface area (TPSA) is 102 Å². The van der Waals surface area contributed by atoms with Gasteiger partial charge < -0.3 is 10.2 Å².